The van der Waals surface area contributed by atoms with E-state index < -0.39 is 0 Å². The normalized spacial score (nSPS) is 16.4. The van der Waals surface area contributed by atoms with Gasteiger partial charge in [0.25, 0.3) is 5.91 Å². The van der Waals surface area contributed by atoms with Crippen LogP contribution >= 0.6 is 0 Å². The molecular formula is C18H18FN3O2. The maximum atomic E-state index is 13.7. The Hall–Kier alpha value is -2.76. The maximum Gasteiger partial charge on any atom is 0.251 e. The topological polar surface area (TPSA) is 63.6 Å². The number of hydrogen-bond donors (Lipinski definition) is 1. The summed E-state index contributed by atoms with van der Waals surface area (Å²) in [7, 11) is 0. The summed E-state index contributed by atoms with van der Waals surface area (Å²) in [5.74, 6) is -0.579. The van der Waals surface area contributed by atoms with Gasteiger partial charge in [0.05, 0.1) is 18.5 Å². The minimum atomic E-state index is -0.389. The lowest BCUT2D eigenvalue weighted by Gasteiger charge is -2.10. The SMILES string of the molecule is CCC1=NOC(CNC(=O)c2ccc(-c3ccncc3F)cc2)C1. The number of benzene rings is 1. The predicted molar refractivity (Wildman–Crippen MR) is 89.2 cm³/mol. The van der Waals surface area contributed by atoms with Crippen molar-refractivity contribution in [1.82, 2.24) is 10.3 Å². The van der Waals surface area contributed by atoms with Crippen molar-refractivity contribution in [2.75, 3.05) is 6.54 Å². The van der Waals surface area contributed by atoms with Crippen molar-refractivity contribution >= 4 is 11.6 Å². The summed E-state index contributed by atoms with van der Waals surface area (Å²) in [6.45, 7) is 2.43. The molecule has 2 heterocycles. The third kappa shape index (κ3) is 3.59. The molecule has 1 aromatic carbocycles. The maximum absolute atomic E-state index is 13.7. The minimum absolute atomic E-state index is 0.103. The highest BCUT2D eigenvalue weighted by Crippen LogP contribution is 2.22. The van der Waals surface area contributed by atoms with Crippen LogP contribution in [0.25, 0.3) is 11.1 Å². The Morgan fingerprint density at radius 3 is 2.79 bits per heavy atom. The molecular weight excluding hydrogens is 309 g/mol. The van der Waals surface area contributed by atoms with Crippen LogP contribution in [-0.2, 0) is 4.84 Å². The van der Waals surface area contributed by atoms with Crippen LogP contribution in [0, 0.1) is 5.82 Å². The summed E-state index contributed by atoms with van der Waals surface area (Å²) in [6, 6.07) is 8.39. The highest BCUT2D eigenvalue weighted by atomic mass is 19.1. The van der Waals surface area contributed by atoms with Crippen LogP contribution in [0.4, 0.5) is 4.39 Å². The molecule has 1 N–H and O–H groups in total. The molecule has 1 amide bonds. The van der Waals surface area contributed by atoms with Crippen LogP contribution in [0.5, 0.6) is 0 Å². The van der Waals surface area contributed by atoms with E-state index in [1.807, 2.05) is 6.92 Å². The van der Waals surface area contributed by atoms with Gasteiger partial charge in [0, 0.05) is 23.7 Å². The molecule has 124 valence electrons. The van der Waals surface area contributed by atoms with Gasteiger partial charge in [-0.25, -0.2) is 4.39 Å². The summed E-state index contributed by atoms with van der Waals surface area (Å²) < 4.78 is 13.7. The van der Waals surface area contributed by atoms with E-state index in [1.54, 1.807) is 30.3 Å². The summed E-state index contributed by atoms with van der Waals surface area (Å²) in [4.78, 5) is 21.2. The van der Waals surface area contributed by atoms with E-state index in [0.29, 0.717) is 23.2 Å². The lowest BCUT2D eigenvalue weighted by Crippen LogP contribution is -2.32. The van der Waals surface area contributed by atoms with Gasteiger partial charge in [0.2, 0.25) is 0 Å². The molecule has 0 fully saturated rings. The molecule has 1 unspecified atom stereocenters. The number of halogens is 1. The molecule has 6 heteroatoms. The Bertz CT molecular complexity index is 759. The van der Waals surface area contributed by atoms with E-state index in [4.69, 9.17) is 4.84 Å². The first-order valence-electron chi connectivity index (χ1n) is 7.87. The Labute approximate surface area is 139 Å². The lowest BCUT2D eigenvalue weighted by atomic mass is 10.0. The van der Waals surface area contributed by atoms with Crippen molar-refractivity contribution in [2.45, 2.75) is 25.9 Å². The van der Waals surface area contributed by atoms with E-state index in [2.05, 4.69) is 15.5 Å². The molecule has 1 aliphatic rings. The van der Waals surface area contributed by atoms with Crippen LogP contribution in [0.1, 0.15) is 30.1 Å². The molecule has 2 aromatic rings. The molecule has 0 bridgehead atoms. The Kier molecular flexibility index (Phi) is 4.84. The highest BCUT2D eigenvalue weighted by molar-refractivity contribution is 5.94. The zero-order chi connectivity index (χ0) is 16.9. The Morgan fingerprint density at radius 1 is 1.33 bits per heavy atom. The first-order chi connectivity index (χ1) is 11.7. The number of hydrogen-bond acceptors (Lipinski definition) is 4. The van der Waals surface area contributed by atoms with Crippen LogP contribution < -0.4 is 5.32 Å². The summed E-state index contributed by atoms with van der Waals surface area (Å²) >= 11 is 0. The minimum Gasteiger partial charge on any atom is -0.390 e. The number of amides is 1. The zero-order valence-electron chi connectivity index (χ0n) is 13.3. The van der Waals surface area contributed by atoms with E-state index in [9.17, 15) is 9.18 Å². The first kappa shape index (κ1) is 16.1. The average molecular weight is 327 g/mol. The van der Waals surface area contributed by atoms with Gasteiger partial charge in [-0.2, -0.15) is 0 Å². The highest BCUT2D eigenvalue weighted by Gasteiger charge is 2.20. The molecule has 0 saturated heterocycles. The van der Waals surface area contributed by atoms with Crippen molar-refractivity contribution in [3.8, 4) is 11.1 Å². The second-order valence-corrected chi connectivity index (χ2v) is 5.59. The van der Waals surface area contributed by atoms with Crippen LogP contribution in [0.3, 0.4) is 0 Å². The largest absolute Gasteiger partial charge is 0.390 e. The van der Waals surface area contributed by atoms with Gasteiger partial charge in [-0.1, -0.05) is 24.2 Å². The van der Waals surface area contributed by atoms with Crippen LogP contribution in [-0.4, -0.2) is 29.3 Å². The number of carbonyl (C=O) groups excluding carboxylic acids is 1. The number of nitrogens with zero attached hydrogens (tertiary/aromatic N) is 2. The fourth-order valence-electron chi connectivity index (χ4n) is 2.52. The number of pyridine rings is 1. The fourth-order valence-corrected chi connectivity index (χ4v) is 2.52. The first-order valence-corrected chi connectivity index (χ1v) is 7.87. The molecule has 0 radical (unpaired) electrons. The average Bonchev–Trinajstić information content (AvgIpc) is 3.08. The Balaban J connectivity index is 1.59. The van der Waals surface area contributed by atoms with E-state index in [0.717, 1.165) is 18.6 Å². The fraction of sp³-hybridized carbons (Fsp3) is 0.278. The lowest BCUT2D eigenvalue weighted by molar-refractivity contribution is 0.0753. The van der Waals surface area contributed by atoms with Gasteiger partial charge in [-0.3, -0.25) is 9.78 Å². The third-order valence-corrected chi connectivity index (χ3v) is 3.92. The molecule has 0 spiro atoms. The summed E-state index contributed by atoms with van der Waals surface area (Å²) in [5.41, 5.74) is 2.69. The second-order valence-electron chi connectivity index (χ2n) is 5.59. The van der Waals surface area contributed by atoms with E-state index in [1.165, 1.54) is 12.4 Å². The predicted octanol–water partition coefficient (Wildman–Crippen LogP) is 3.17. The number of aromatic nitrogens is 1. The van der Waals surface area contributed by atoms with Crippen LogP contribution in [0.15, 0.2) is 47.9 Å². The van der Waals surface area contributed by atoms with Crippen molar-refractivity contribution in [1.29, 1.82) is 0 Å². The third-order valence-electron chi connectivity index (χ3n) is 3.92. The van der Waals surface area contributed by atoms with Crippen molar-refractivity contribution in [3.63, 3.8) is 0 Å². The van der Waals surface area contributed by atoms with E-state index >= 15 is 0 Å². The molecule has 3 rings (SSSR count). The zero-order valence-corrected chi connectivity index (χ0v) is 13.3. The quantitative estimate of drug-likeness (QED) is 0.917. The van der Waals surface area contributed by atoms with Gasteiger partial charge in [0.1, 0.15) is 11.9 Å². The van der Waals surface area contributed by atoms with Gasteiger partial charge in [-0.05, 0) is 30.2 Å². The monoisotopic (exact) mass is 327 g/mol. The van der Waals surface area contributed by atoms with Crippen molar-refractivity contribution < 1.29 is 14.0 Å². The molecule has 1 atom stereocenters. The molecule has 0 saturated carbocycles. The summed E-state index contributed by atoms with van der Waals surface area (Å²) in [5, 5.41) is 6.80. The molecule has 1 aliphatic heterocycles. The van der Waals surface area contributed by atoms with Gasteiger partial charge in [-0.15, -0.1) is 0 Å². The van der Waals surface area contributed by atoms with Crippen molar-refractivity contribution in [2.24, 2.45) is 5.16 Å². The van der Waals surface area contributed by atoms with Gasteiger partial charge < -0.3 is 10.2 Å². The number of rotatable bonds is 5. The van der Waals surface area contributed by atoms with Gasteiger partial charge >= 0.3 is 0 Å². The molecule has 24 heavy (non-hydrogen) atoms. The standard InChI is InChI=1S/C18H18FN3O2/c1-2-14-9-15(24-22-14)10-21-18(23)13-5-3-12(4-6-13)16-7-8-20-11-17(16)19/h3-8,11,15H,2,9-10H2,1H3,(H,21,23). The Morgan fingerprint density at radius 2 is 2.12 bits per heavy atom. The van der Waals surface area contributed by atoms with Crippen LogP contribution in [0.2, 0.25) is 0 Å². The van der Waals surface area contributed by atoms with E-state index in [-0.39, 0.29) is 17.8 Å². The number of nitrogens with one attached hydrogen (secondary N) is 1. The molecule has 1 aromatic heterocycles. The molecule has 0 aliphatic carbocycles. The second kappa shape index (κ2) is 7.21. The number of carbonyl (C=O) groups is 1. The van der Waals surface area contributed by atoms with Gasteiger partial charge in [0.15, 0.2) is 0 Å². The van der Waals surface area contributed by atoms with Crippen molar-refractivity contribution in [3.05, 3.63) is 54.1 Å². The molecule has 5 nitrogen and oxygen atoms in total. The summed E-state index contributed by atoms with van der Waals surface area (Å²) in [6.07, 6.45) is 4.21. The smallest absolute Gasteiger partial charge is 0.251 e. The number of oxime groups is 1.